The molecule has 1 rings (SSSR count). The molecule has 0 fully saturated rings. The summed E-state index contributed by atoms with van der Waals surface area (Å²) in [6.07, 6.45) is 4.38. The summed E-state index contributed by atoms with van der Waals surface area (Å²) in [4.78, 5) is 11.9. The van der Waals surface area contributed by atoms with Gasteiger partial charge in [-0.25, -0.2) is 0 Å². The molecule has 1 aromatic rings. The van der Waals surface area contributed by atoms with Gasteiger partial charge in [-0.05, 0) is 43.9 Å². The van der Waals surface area contributed by atoms with E-state index >= 15 is 0 Å². The molecule has 4 nitrogen and oxygen atoms in total. The Morgan fingerprint density at radius 3 is 2.57 bits per heavy atom. The molecule has 2 N–H and O–H groups in total. The highest BCUT2D eigenvalue weighted by Crippen LogP contribution is 2.12. The molecule has 0 saturated carbocycles. The maximum absolute atomic E-state index is 11.9. The average molecular weight is 292 g/mol. The van der Waals surface area contributed by atoms with Crippen molar-refractivity contribution in [3.05, 3.63) is 29.8 Å². The van der Waals surface area contributed by atoms with Crippen LogP contribution in [-0.2, 0) is 16.0 Å². The van der Waals surface area contributed by atoms with Crippen LogP contribution < -0.4 is 10.6 Å². The molecule has 4 heteroatoms. The molecule has 1 atom stereocenters. The van der Waals surface area contributed by atoms with Crippen LogP contribution in [0.4, 0.5) is 5.69 Å². The third-order valence-electron chi connectivity index (χ3n) is 3.37. The van der Waals surface area contributed by atoms with E-state index < -0.39 is 0 Å². The Balaban J connectivity index is 2.35. The minimum Gasteiger partial charge on any atom is -0.385 e. The lowest BCUT2D eigenvalue weighted by Gasteiger charge is -2.15. The third kappa shape index (κ3) is 7.14. The Bertz CT molecular complexity index is 404. The number of amides is 1. The standard InChI is InChI=1S/C17H28N2O2/c1-4-5-7-15-8-10-16(11-9-15)19-14(2)17(20)18-12-6-13-21-3/h8-11,14,19H,4-7,12-13H2,1-3H3,(H,18,20). The highest BCUT2D eigenvalue weighted by atomic mass is 16.5. The van der Waals surface area contributed by atoms with Gasteiger partial charge in [0.25, 0.3) is 0 Å². The zero-order valence-electron chi connectivity index (χ0n) is 13.4. The quantitative estimate of drug-likeness (QED) is 0.652. The number of aryl methyl sites for hydroxylation is 1. The number of rotatable bonds is 10. The summed E-state index contributed by atoms with van der Waals surface area (Å²) < 4.78 is 4.95. The van der Waals surface area contributed by atoms with Gasteiger partial charge in [0, 0.05) is 25.9 Å². The van der Waals surface area contributed by atoms with Gasteiger partial charge >= 0.3 is 0 Å². The summed E-state index contributed by atoms with van der Waals surface area (Å²) in [6, 6.07) is 8.09. The maximum Gasteiger partial charge on any atom is 0.242 e. The largest absolute Gasteiger partial charge is 0.385 e. The van der Waals surface area contributed by atoms with Gasteiger partial charge in [-0.1, -0.05) is 25.5 Å². The zero-order chi connectivity index (χ0) is 15.5. The first-order valence-electron chi connectivity index (χ1n) is 7.79. The fraction of sp³-hybridized carbons (Fsp3) is 0.588. The Hall–Kier alpha value is -1.55. The van der Waals surface area contributed by atoms with E-state index in [0.717, 1.165) is 18.5 Å². The SMILES string of the molecule is CCCCc1ccc(NC(C)C(=O)NCCCOC)cc1. The van der Waals surface area contributed by atoms with E-state index in [9.17, 15) is 4.79 Å². The van der Waals surface area contributed by atoms with E-state index in [4.69, 9.17) is 4.74 Å². The molecular formula is C17H28N2O2. The van der Waals surface area contributed by atoms with Gasteiger partial charge < -0.3 is 15.4 Å². The van der Waals surface area contributed by atoms with E-state index in [0.29, 0.717) is 13.2 Å². The van der Waals surface area contributed by atoms with Crippen molar-refractivity contribution >= 4 is 11.6 Å². The fourth-order valence-electron chi connectivity index (χ4n) is 2.05. The fourth-order valence-corrected chi connectivity index (χ4v) is 2.05. The van der Waals surface area contributed by atoms with Crippen LogP contribution in [0.5, 0.6) is 0 Å². The first-order valence-corrected chi connectivity index (χ1v) is 7.79. The number of unbranched alkanes of at least 4 members (excludes halogenated alkanes) is 1. The molecule has 0 heterocycles. The molecule has 0 spiro atoms. The lowest BCUT2D eigenvalue weighted by atomic mass is 10.1. The van der Waals surface area contributed by atoms with E-state index in [2.05, 4.69) is 29.7 Å². The van der Waals surface area contributed by atoms with Crippen molar-refractivity contribution in [2.75, 3.05) is 25.6 Å². The van der Waals surface area contributed by atoms with Crippen molar-refractivity contribution in [3.63, 3.8) is 0 Å². The van der Waals surface area contributed by atoms with E-state index in [1.807, 2.05) is 19.1 Å². The van der Waals surface area contributed by atoms with Crippen LogP contribution in [0.1, 0.15) is 38.7 Å². The van der Waals surface area contributed by atoms with Gasteiger partial charge in [0.2, 0.25) is 5.91 Å². The molecule has 0 saturated heterocycles. The second-order valence-corrected chi connectivity index (χ2v) is 5.30. The number of carbonyl (C=O) groups is 1. The Morgan fingerprint density at radius 1 is 1.24 bits per heavy atom. The Kier molecular flexibility index (Phi) is 8.51. The number of methoxy groups -OCH3 is 1. The summed E-state index contributed by atoms with van der Waals surface area (Å²) in [5.41, 5.74) is 2.33. The van der Waals surface area contributed by atoms with Gasteiger partial charge in [-0.2, -0.15) is 0 Å². The highest BCUT2D eigenvalue weighted by Gasteiger charge is 2.11. The van der Waals surface area contributed by atoms with Gasteiger partial charge in [0.05, 0.1) is 0 Å². The van der Waals surface area contributed by atoms with Gasteiger partial charge in [0.1, 0.15) is 6.04 Å². The van der Waals surface area contributed by atoms with Crippen LogP contribution in [0, 0.1) is 0 Å². The highest BCUT2D eigenvalue weighted by molar-refractivity contribution is 5.84. The molecule has 1 aromatic carbocycles. The van der Waals surface area contributed by atoms with Crippen molar-refractivity contribution in [1.29, 1.82) is 0 Å². The first kappa shape index (κ1) is 17.5. The van der Waals surface area contributed by atoms with Gasteiger partial charge in [-0.3, -0.25) is 4.79 Å². The molecule has 1 amide bonds. The summed E-state index contributed by atoms with van der Waals surface area (Å²) in [6.45, 7) is 5.38. The number of anilines is 1. The van der Waals surface area contributed by atoms with E-state index in [-0.39, 0.29) is 11.9 Å². The van der Waals surface area contributed by atoms with Crippen LogP contribution in [0.2, 0.25) is 0 Å². The maximum atomic E-state index is 11.9. The molecule has 0 aliphatic carbocycles. The van der Waals surface area contributed by atoms with Gasteiger partial charge in [-0.15, -0.1) is 0 Å². The number of ether oxygens (including phenoxy) is 1. The summed E-state index contributed by atoms with van der Waals surface area (Å²) in [5, 5.41) is 6.12. The van der Waals surface area contributed by atoms with Crippen LogP contribution >= 0.6 is 0 Å². The predicted molar refractivity (Wildman–Crippen MR) is 87.6 cm³/mol. The van der Waals surface area contributed by atoms with Crippen LogP contribution in [0.3, 0.4) is 0 Å². The smallest absolute Gasteiger partial charge is 0.242 e. The van der Waals surface area contributed by atoms with Crippen LogP contribution in [0.25, 0.3) is 0 Å². The average Bonchev–Trinajstić information content (AvgIpc) is 2.50. The molecule has 118 valence electrons. The Morgan fingerprint density at radius 2 is 1.95 bits per heavy atom. The molecule has 21 heavy (non-hydrogen) atoms. The molecule has 0 radical (unpaired) electrons. The summed E-state index contributed by atoms with van der Waals surface area (Å²) in [5.74, 6) is 0.0150. The van der Waals surface area contributed by atoms with Crippen molar-refractivity contribution < 1.29 is 9.53 Å². The normalized spacial score (nSPS) is 12.0. The summed E-state index contributed by atoms with van der Waals surface area (Å²) >= 11 is 0. The van der Waals surface area contributed by atoms with Crippen molar-refractivity contribution in [3.8, 4) is 0 Å². The number of benzene rings is 1. The Labute approximate surface area is 128 Å². The molecule has 1 unspecified atom stereocenters. The number of nitrogens with one attached hydrogen (secondary N) is 2. The van der Waals surface area contributed by atoms with Crippen molar-refractivity contribution in [1.82, 2.24) is 5.32 Å². The number of hydrogen-bond acceptors (Lipinski definition) is 3. The van der Waals surface area contributed by atoms with E-state index in [1.165, 1.54) is 18.4 Å². The third-order valence-corrected chi connectivity index (χ3v) is 3.37. The topological polar surface area (TPSA) is 50.4 Å². The number of hydrogen-bond donors (Lipinski definition) is 2. The van der Waals surface area contributed by atoms with Crippen LogP contribution in [-0.4, -0.2) is 32.2 Å². The summed E-state index contributed by atoms with van der Waals surface area (Å²) in [7, 11) is 1.66. The first-order chi connectivity index (χ1) is 10.2. The van der Waals surface area contributed by atoms with Crippen LogP contribution in [0.15, 0.2) is 24.3 Å². The second-order valence-electron chi connectivity index (χ2n) is 5.30. The van der Waals surface area contributed by atoms with Crippen molar-refractivity contribution in [2.24, 2.45) is 0 Å². The predicted octanol–water partition coefficient (Wildman–Crippen LogP) is 2.98. The monoisotopic (exact) mass is 292 g/mol. The molecule has 0 bridgehead atoms. The molecule has 0 aliphatic heterocycles. The molecule has 0 aliphatic rings. The second kappa shape index (κ2) is 10.2. The molecule has 0 aromatic heterocycles. The minimum atomic E-state index is -0.242. The van der Waals surface area contributed by atoms with Gasteiger partial charge in [0.15, 0.2) is 0 Å². The minimum absolute atomic E-state index is 0.0150. The molecular weight excluding hydrogens is 264 g/mol. The zero-order valence-corrected chi connectivity index (χ0v) is 13.4. The number of carbonyl (C=O) groups excluding carboxylic acids is 1. The lowest BCUT2D eigenvalue weighted by Crippen LogP contribution is -2.38. The van der Waals surface area contributed by atoms with E-state index in [1.54, 1.807) is 7.11 Å². The lowest BCUT2D eigenvalue weighted by molar-refractivity contribution is -0.121. The van der Waals surface area contributed by atoms with Crippen molar-refractivity contribution in [2.45, 2.75) is 45.6 Å².